The van der Waals surface area contributed by atoms with Gasteiger partial charge < -0.3 is 39.4 Å². The standard InChI is InChI=1S/C43H48N4O8/c1-52-28-9-5-7-26-31(28)47-22-40(19-23-18-39-21-30(48)55-29(39)10-14-45-15-12-42(26,35(39)45)43(23,47)51)36-38(13-17-54-36)20-24(33(49)53-2)32-41(11-16-46(34(38)41)37(40)50)25-6-3-4-8-27(25)44-32/h3-9,23,29,34-37,44,50-51H,10-22H2,1-2H3. The van der Waals surface area contributed by atoms with E-state index >= 15 is 0 Å². The number of esters is 2. The normalized spacial score (nSPS) is 47.6. The van der Waals surface area contributed by atoms with Crippen LogP contribution >= 0.6 is 0 Å². The van der Waals surface area contributed by atoms with Gasteiger partial charge in [0.2, 0.25) is 0 Å². The van der Waals surface area contributed by atoms with Gasteiger partial charge in [0.25, 0.3) is 0 Å². The molecule has 2 aromatic carbocycles. The van der Waals surface area contributed by atoms with Crippen molar-refractivity contribution in [1.29, 1.82) is 0 Å². The van der Waals surface area contributed by atoms with Crippen LogP contribution in [0.1, 0.15) is 62.5 Å². The Kier molecular flexibility index (Phi) is 5.82. The Balaban J connectivity index is 1.04. The first-order valence-corrected chi connectivity index (χ1v) is 20.5. The summed E-state index contributed by atoms with van der Waals surface area (Å²) in [6.07, 6.45) is 3.48. The summed E-state index contributed by atoms with van der Waals surface area (Å²) in [7, 11) is 3.17. The number of nitrogens with one attached hydrogen (secondary N) is 1. The number of carbonyl (C=O) groups excluding carboxylic acids is 2. The lowest BCUT2D eigenvalue weighted by atomic mass is 9.43. The third-order valence-electron chi connectivity index (χ3n) is 17.7. The van der Waals surface area contributed by atoms with Gasteiger partial charge in [0, 0.05) is 66.5 Å². The van der Waals surface area contributed by atoms with Gasteiger partial charge >= 0.3 is 11.9 Å². The van der Waals surface area contributed by atoms with E-state index in [2.05, 4.69) is 44.3 Å². The number of aliphatic hydroxyl groups excluding tert-OH is 1. The van der Waals surface area contributed by atoms with Gasteiger partial charge in [-0.15, -0.1) is 0 Å². The number of para-hydroxylation sites is 2. The van der Waals surface area contributed by atoms with Crippen LogP contribution in [-0.4, -0.2) is 115 Å². The molecule has 0 bridgehead atoms. The van der Waals surface area contributed by atoms with Gasteiger partial charge in [-0.25, -0.2) is 4.79 Å². The second kappa shape index (κ2) is 9.88. The molecule has 3 N–H and O–H groups in total. The summed E-state index contributed by atoms with van der Waals surface area (Å²) in [5.41, 5.74) is 1.43. The molecule has 9 aliphatic heterocycles. The molecule has 12 atom stereocenters. The molecule has 7 saturated heterocycles. The Hall–Kier alpha value is -3.68. The van der Waals surface area contributed by atoms with Crippen LogP contribution in [0.25, 0.3) is 0 Å². The van der Waals surface area contributed by atoms with E-state index in [0.717, 1.165) is 61.4 Å². The summed E-state index contributed by atoms with van der Waals surface area (Å²) >= 11 is 0. The zero-order chi connectivity index (χ0) is 37.1. The number of nitrogens with zero attached hydrogens (tertiary/aromatic N) is 3. The van der Waals surface area contributed by atoms with Crippen molar-refractivity contribution in [3.8, 4) is 5.75 Å². The highest BCUT2D eigenvalue weighted by Gasteiger charge is 2.85. The van der Waals surface area contributed by atoms with Crippen molar-refractivity contribution < 1.29 is 38.7 Å². The van der Waals surface area contributed by atoms with Crippen LogP contribution in [0, 0.1) is 22.2 Å². The van der Waals surface area contributed by atoms with Crippen LogP contribution in [0.5, 0.6) is 5.75 Å². The fraction of sp³-hybridized carbons (Fsp3) is 0.628. The molecule has 0 aromatic heterocycles. The summed E-state index contributed by atoms with van der Waals surface area (Å²) in [4.78, 5) is 34.6. The molecule has 0 amide bonds. The smallest absolute Gasteiger partial charge is 0.335 e. The lowest BCUT2D eigenvalue weighted by Gasteiger charge is -2.71. The van der Waals surface area contributed by atoms with Gasteiger partial charge in [-0.1, -0.05) is 30.3 Å². The van der Waals surface area contributed by atoms with E-state index < -0.39 is 45.1 Å². The maximum Gasteiger partial charge on any atom is 0.335 e. The highest BCUT2D eigenvalue weighted by molar-refractivity contribution is 5.93. The first-order valence-electron chi connectivity index (χ1n) is 20.5. The third-order valence-corrected chi connectivity index (χ3v) is 17.7. The van der Waals surface area contributed by atoms with Crippen LogP contribution in [0.3, 0.4) is 0 Å². The van der Waals surface area contributed by atoms with Gasteiger partial charge in [-0.3, -0.25) is 14.6 Å². The van der Waals surface area contributed by atoms with Gasteiger partial charge in [0.15, 0.2) is 5.72 Å². The van der Waals surface area contributed by atoms with Crippen LogP contribution in [0.2, 0.25) is 0 Å². The number of fused-ring (bicyclic) bond motifs is 4. The number of rotatable bonds is 2. The number of methoxy groups -OCH3 is 2. The lowest BCUT2D eigenvalue weighted by Crippen LogP contribution is -2.82. The number of hydrogen-bond acceptors (Lipinski definition) is 12. The third kappa shape index (κ3) is 3.14. The summed E-state index contributed by atoms with van der Waals surface area (Å²) < 4.78 is 25.1. The Morgan fingerprint density at radius 3 is 2.64 bits per heavy atom. The Morgan fingerprint density at radius 1 is 0.945 bits per heavy atom. The highest BCUT2D eigenvalue weighted by atomic mass is 16.6. The quantitative estimate of drug-likeness (QED) is 0.391. The molecule has 12 unspecified atom stereocenters. The molecule has 288 valence electrons. The van der Waals surface area contributed by atoms with Crippen LogP contribution < -0.4 is 15.0 Å². The summed E-state index contributed by atoms with van der Waals surface area (Å²) in [6.45, 7) is 3.22. The lowest BCUT2D eigenvalue weighted by molar-refractivity contribution is -0.276. The van der Waals surface area contributed by atoms with E-state index in [1.165, 1.54) is 12.7 Å². The molecule has 8 fully saturated rings. The fourth-order valence-electron chi connectivity index (χ4n) is 16.6. The number of aliphatic hydroxyl groups is 2. The van der Waals surface area contributed by atoms with E-state index in [0.29, 0.717) is 56.7 Å². The Labute approximate surface area is 319 Å². The van der Waals surface area contributed by atoms with Crippen LogP contribution in [-0.2, 0) is 34.6 Å². The largest absolute Gasteiger partial charge is 0.495 e. The molecule has 11 aliphatic rings. The second-order valence-corrected chi connectivity index (χ2v) is 19.0. The van der Waals surface area contributed by atoms with Crippen LogP contribution in [0.15, 0.2) is 53.7 Å². The van der Waals surface area contributed by atoms with Crippen molar-refractivity contribution in [2.75, 3.05) is 57.2 Å². The average molecular weight is 749 g/mol. The predicted octanol–water partition coefficient (Wildman–Crippen LogP) is 3.01. The zero-order valence-electron chi connectivity index (χ0n) is 31.4. The minimum atomic E-state index is -1.28. The van der Waals surface area contributed by atoms with E-state index in [4.69, 9.17) is 18.9 Å². The first kappa shape index (κ1) is 32.4. The Morgan fingerprint density at radius 2 is 1.78 bits per heavy atom. The first-order chi connectivity index (χ1) is 26.6. The molecular weight excluding hydrogens is 700 g/mol. The monoisotopic (exact) mass is 748 g/mol. The van der Waals surface area contributed by atoms with Crippen molar-refractivity contribution in [2.24, 2.45) is 22.2 Å². The number of carbonyl (C=O) groups is 2. The van der Waals surface area contributed by atoms with Gasteiger partial charge in [0.05, 0.1) is 54.2 Å². The Bertz CT molecular complexity index is 2180. The summed E-state index contributed by atoms with van der Waals surface area (Å²) in [5, 5.41) is 31.1. The molecule has 12 heteroatoms. The number of piperidine rings is 3. The van der Waals surface area contributed by atoms with E-state index in [9.17, 15) is 19.8 Å². The highest BCUT2D eigenvalue weighted by Crippen LogP contribution is 2.78. The van der Waals surface area contributed by atoms with E-state index in [1.54, 1.807) is 7.11 Å². The topological polar surface area (TPSA) is 133 Å². The molecule has 5 spiro atoms. The maximum absolute atomic E-state index is 14.0. The van der Waals surface area contributed by atoms with E-state index in [1.807, 2.05) is 18.2 Å². The van der Waals surface area contributed by atoms with Crippen molar-refractivity contribution >= 4 is 23.3 Å². The van der Waals surface area contributed by atoms with Crippen molar-refractivity contribution in [3.05, 3.63) is 64.9 Å². The number of benzene rings is 2. The van der Waals surface area contributed by atoms with Crippen LogP contribution in [0.4, 0.5) is 11.4 Å². The number of hydrogen-bond donors (Lipinski definition) is 3. The van der Waals surface area contributed by atoms with Gasteiger partial charge in [-0.2, -0.15) is 0 Å². The number of ether oxygens (including phenoxy) is 4. The molecule has 1 saturated carbocycles. The minimum absolute atomic E-state index is 0.0658. The predicted molar refractivity (Wildman–Crippen MR) is 197 cm³/mol. The average Bonchev–Trinajstić information content (AvgIpc) is 4.04. The molecule has 2 aliphatic carbocycles. The molecule has 0 radical (unpaired) electrons. The summed E-state index contributed by atoms with van der Waals surface area (Å²) in [6, 6.07) is 14.4. The molecule has 2 aromatic rings. The fourth-order valence-corrected chi connectivity index (χ4v) is 16.6. The molecule has 13 rings (SSSR count). The maximum atomic E-state index is 14.0. The molecular formula is C43H48N4O8. The van der Waals surface area contributed by atoms with Crippen molar-refractivity contribution in [3.63, 3.8) is 0 Å². The van der Waals surface area contributed by atoms with E-state index in [-0.39, 0.29) is 36.0 Å². The second-order valence-electron chi connectivity index (χ2n) is 19.0. The van der Waals surface area contributed by atoms with Gasteiger partial charge in [-0.05, 0) is 74.8 Å². The molecule has 12 nitrogen and oxygen atoms in total. The number of anilines is 2. The zero-order valence-corrected chi connectivity index (χ0v) is 31.4. The molecule has 55 heavy (non-hydrogen) atoms. The van der Waals surface area contributed by atoms with Crippen molar-refractivity contribution in [1.82, 2.24) is 9.80 Å². The van der Waals surface area contributed by atoms with Crippen molar-refractivity contribution in [2.45, 2.75) is 98.4 Å². The SMILES string of the molecule is COC(=O)C1=C2Nc3ccccc3C23CCN2C(O)C4(CC5CC67CC(=O)OC6CCN6CCC8(c9cccc(OC)c9N(C4)C58O)C67)C4OCCC4(C1)C23. The molecule has 9 heterocycles. The summed E-state index contributed by atoms with van der Waals surface area (Å²) in [5.74, 6) is -0.0572. The van der Waals surface area contributed by atoms with Gasteiger partial charge in [0.1, 0.15) is 18.1 Å². The minimum Gasteiger partial charge on any atom is -0.495 e.